The third-order valence-electron chi connectivity index (χ3n) is 5.65. The van der Waals surface area contributed by atoms with E-state index in [1.807, 2.05) is 12.1 Å². The molecular formula is C21H23NO. The van der Waals surface area contributed by atoms with E-state index in [1.165, 1.54) is 11.1 Å². The van der Waals surface area contributed by atoms with E-state index in [1.54, 1.807) is 0 Å². The Hall–Kier alpha value is -1.93. The van der Waals surface area contributed by atoms with E-state index >= 15 is 0 Å². The van der Waals surface area contributed by atoms with Gasteiger partial charge in [0.1, 0.15) is 0 Å². The van der Waals surface area contributed by atoms with Crippen LogP contribution in [0.3, 0.4) is 0 Å². The molecule has 1 heterocycles. The van der Waals surface area contributed by atoms with Crippen LogP contribution >= 0.6 is 0 Å². The van der Waals surface area contributed by atoms with Crippen molar-refractivity contribution in [1.82, 2.24) is 4.90 Å². The van der Waals surface area contributed by atoms with Crippen molar-refractivity contribution in [3.8, 4) is 0 Å². The minimum atomic E-state index is -0.104. The lowest BCUT2D eigenvalue weighted by Gasteiger charge is -2.38. The van der Waals surface area contributed by atoms with Gasteiger partial charge in [-0.15, -0.1) is 0 Å². The summed E-state index contributed by atoms with van der Waals surface area (Å²) in [5.74, 6) is 0.399. The number of fused-ring (bicyclic) bond motifs is 1. The lowest BCUT2D eigenvalue weighted by atomic mass is 9.75. The Morgan fingerprint density at radius 1 is 0.913 bits per heavy atom. The van der Waals surface area contributed by atoms with E-state index in [0.717, 1.165) is 50.9 Å². The largest absolute Gasteiger partial charge is 0.303 e. The number of hydrogen-bond acceptors (Lipinski definition) is 2. The summed E-state index contributed by atoms with van der Waals surface area (Å²) in [7, 11) is 0. The van der Waals surface area contributed by atoms with Crippen molar-refractivity contribution in [3.05, 3.63) is 71.3 Å². The molecule has 23 heavy (non-hydrogen) atoms. The first-order valence-electron chi connectivity index (χ1n) is 8.66. The van der Waals surface area contributed by atoms with Gasteiger partial charge in [-0.3, -0.25) is 4.79 Å². The van der Waals surface area contributed by atoms with E-state index in [-0.39, 0.29) is 5.41 Å². The van der Waals surface area contributed by atoms with Crippen molar-refractivity contribution in [2.75, 3.05) is 19.6 Å². The molecule has 1 fully saturated rings. The van der Waals surface area contributed by atoms with Gasteiger partial charge < -0.3 is 4.90 Å². The van der Waals surface area contributed by atoms with Crippen molar-refractivity contribution in [3.63, 3.8) is 0 Å². The Kier molecular flexibility index (Phi) is 3.78. The summed E-state index contributed by atoms with van der Waals surface area (Å²) in [5, 5.41) is 0. The van der Waals surface area contributed by atoms with Crippen LogP contribution in [-0.2, 0) is 12.8 Å². The van der Waals surface area contributed by atoms with Gasteiger partial charge in [0.2, 0.25) is 0 Å². The van der Waals surface area contributed by atoms with Gasteiger partial charge in [0.25, 0.3) is 0 Å². The Labute approximate surface area is 138 Å². The van der Waals surface area contributed by atoms with Crippen LogP contribution in [0.25, 0.3) is 0 Å². The first kappa shape index (κ1) is 14.6. The van der Waals surface area contributed by atoms with Crippen LogP contribution in [0.4, 0.5) is 0 Å². The summed E-state index contributed by atoms with van der Waals surface area (Å²) >= 11 is 0. The molecule has 2 heteroatoms. The first-order chi connectivity index (χ1) is 11.3. The van der Waals surface area contributed by atoms with Crippen LogP contribution in [0.1, 0.15) is 34.3 Å². The highest BCUT2D eigenvalue weighted by molar-refractivity contribution is 6.05. The molecule has 2 nitrogen and oxygen atoms in total. The Morgan fingerprint density at radius 2 is 1.61 bits per heavy atom. The number of piperidine rings is 1. The molecule has 0 atom stereocenters. The van der Waals surface area contributed by atoms with Crippen molar-refractivity contribution in [1.29, 1.82) is 0 Å². The number of Topliss-reactive ketones (excluding diaryl/α,β-unsaturated/α-hetero) is 1. The van der Waals surface area contributed by atoms with Crippen molar-refractivity contribution in [2.24, 2.45) is 5.41 Å². The maximum absolute atomic E-state index is 12.8. The van der Waals surface area contributed by atoms with Gasteiger partial charge in [-0.05, 0) is 49.9 Å². The fraction of sp³-hybridized carbons (Fsp3) is 0.381. The van der Waals surface area contributed by atoms with Crippen LogP contribution in [0.2, 0.25) is 0 Å². The average Bonchev–Trinajstić information content (AvgIpc) is 2.88. The number of likely N-dealkylation sites (tertiary alicyclic amines) is 1. The standard InChI is InChI=1S/C21H23NO/c23-20-19-9-5-4-8-18(19)16-21(20)11-14-22(15-12-21)13-10-17-6-2-1-3-7-17/h1-9H,10-16H2. The highest BCUT2D eigenvalue weighted by Crippen LogP contribution is 2.44. The fourth-order valence-electron chi connectivity index (χ4n) is 4.17. The van der Waals surface area contributed by atoms with Gasteiger partial charge in [-0.2, -0.15) is 0 Å². The zero-order valence-corrected chi connectivity index (χ0v) is 13.5. The number of hydrogen-bond donors (Lipinski definition) is 0. The maximum Gasteiger partial charge on any atom is 0.169 e. The molecule has 118 valence electrons. The molecule has 0 aromatic heterocycles. The van der Waals surface area contributed by atoms with Crippen molar-refractivity contribution < 1.29 is 4.79 Å². The predicted octanol–water partition coefficient (Wildman–Crippen LogP) is 3.75. The molecule has 0 bridgehead atoms. The Morgan fingerprint density at radius 3 is 2.35 bits per heavy atom. The number of benzene rings is 2. The van der Waals surface area contributed by atoms with E-state index in [4.69, 9.17) is 0 Å². The second-order valence-electron chi connectivity index (χ2n) is 7.02. The second kappa shape index (κ2) is 5.93. The number of nitrogens with zero attached hydrogens (tertiary/aromatic N) is 1. The SMILES string of the molecule is O=C1c2ccccc2CC12CCN(CCc1ccccc1)CC2. The molecule has 0 amide bonds. The minimum Gasteiger partial charge on any atom is -0.303 e. The van der Waals surface area contributed by atoms with E-state index in [9.17, 15) is 4.79 Å². The smallest absolute Gasteiger partial charge is 0.169 e. The zero-order chi connectivity index (χ0) is 15.7. The average molecular weight is 305 g/mol. The van der Waals surface area contributed by atoms with Crippen molar-refractivity contribution in [2.45, 2.75) is 25.7 Å². The topological polar surface area (TPSA) is 20.3 Å². The van der Waals surface area contributed by atoms with Crippen LogP contribution in [0.5, 0.6) is 0 Å². The summed E-state index contributed by atoms with van der Waals surface area (Å²) in [6.45, 7) is 3.19. The summed E-state index contributed by atoms with van der Waals surface area (Å²) in [4.78, 5) is 15.4. The van der Waals surface area contributed by atoms with Crippen LogP contribution in [-0.4, -0.2) is 30.3 Å². The molecule has 0 saturated carbocycles. The third kappa shape index (κ3) is 2.72. The molecule has 4 rings (SSSR count). The van der Waals surface area contributed by atoms with Gasteiger partial charge in [0, 0.05) is 17.5 Å². The molecular weight excluding hydrogens is 282 g/mol. The second-order valence-corrected chi connectivity index (χ2v) is 7.02. The number of carbonyl (C=O) groups excluding carboxylic acids is 1. The number of ketones is 1. The normalized spacial score (nSPS) is 19.9. The summed E-state index contributed by atoms with van der Waals surface area (Å²) in [6, 6.07) is 18.9. The lowest BCUT2D eigenvalue weighted by molar-refractivity contribution is 0.0637. The van der Waals surface area contributed by atoms with Gasteiger partial charge in [-0.1, -0.05) is 54.6 Å². The molecule has 1 aliphatic carbocycles. The molecule has 1 aliphatic heterocycles. The van der Waals surface area contributed by atoms with E-state index in [2.05, 4.69) is 47.4 Å². The van der Waals surface area contributed by atoms with Gasteiger partial charge in [-0.25, -0.2) is 0 Å². The summed E-state index contributed by atoms with van der Waals surface area (Å²) in [5.41, 5.74) is 3.53. The number of carbonyl (C=O) groups is 1. The molecule has 2 aromatic rings. The van der Waals surface area contributed by atoms with E-state index < -0.39 is 0 Å². The molecule has 1 spiro atoms. The minimum absolute atomic E-state index is 0.104. The maximum atomic E-state index is 12.8. The molecule has 2 aromatic carbocycles. The van der Waals surface area contributed by atoms with E-state index in [0.29, 0.717) is 5.78 Å². The zero-order valence-electron chi connectivity index (χ0n) is 13.5. The Bertz CT molecular complexity index is 699. The van der Waals surface area contributed by atoms with Crippen LogP contribution < -0.4 is 0 Å². The number of rotatable bonds is 3. The fourth-order valence-corrected chi connectivity index (χ4v) is 4.17. The lowest BCUT2D eigenvalue weighted by Crippen LogP contribution is -2.43. The first-order valence-corrected chi connectivity index (χ1v) is 8.66. The molecule has 0 radical (unpaired) electrons. The molecule has 1 saturated heterocycles. The van der Waals surface area contributed by atoms with Gasteiger partial charge in [0.05, 0.1) is 0 Å². The van der Waals surface area contributed by atoms with Crippen LogP contribution in [0.15, 0.2) is 54.6 Å². The Balaban J connectivity index is 1.37. The molecule has 2 aliphatic rings. The monoisotopic (exact) mass is 305 g/mol. The highest BCUT2D eigenvalue weighted by atomic mass is 16.1. The summed E-state index contributed by atoms with van der Waals surface area (Å²) in [6.07, 6.45) is 4.07. The quantitative estimate of drug-likeness (QED) is 0.861. The summed E-state index contributed by atoms with van der Waals surface area (Å²) < 4.78 is 0. The highest BCUT2D eigenvalue weighted by Gasteiger charge is 2.46. The molecule has 0 N–H and O–H groups in total. The van der Waals surface area contributed by atoms with Crippen LogP contribution in [0, 0.1) is 5.41 Å². The molecule has 0 unspecified atom stereocenters. The van der Waals surface area contributed by atoms with Gasteiger partial charge in [0.15, 0.2) is 5.78 Å². The predicted molar refractivity (Wildman–Crippen MR) is 92.7 cm³/mol. The van der Waals surface area contributed by atoms with Crippen molar-refractivity contribution >= 4 is 5.78 Å². The third-order valence-corrected chi connectivity index (χ3v) is 5.65. The van der Waals surface area contributed by atoms with Gasteiger partial charge >= 0.3 is 0 Å².